The van der Waals surface area contributed by atoms with Crippen molar-refractivity contribution in [3.63, 3.8) is 0 Å². The average molecular weight is 182 g/mol. The summed E-state index contributed by atoms with van der Waals surface area (Å²) < 4.78 is 0. The summed E-state index contributed by atoms with van der Waals surface area (Å²) in [6, 6.07) is 0. The second-order valence-electron chi connectivity index (χ2n) is 5.57. The van der Waals surface area contributed by atoms with E-state index in [1.807, 2.05) is 0 Å². The number of hydrogen-bond donors (Lipinski definition) is 0. The van der Waals surface area contributed by atoms with E-state index in [0.717, 1.165) is 11.8 Å². The number of rotatable bonds is 3. The maximum absolute atomic E-state index is 2.47. The predicted molar refractivity (Wildman–Crippen MR) is 59.8 cm³/mol. The Kier molecular flexibility index (Phi) is 3.82. The molecule has 1 aliphatic carbocycles. The summed E-state index contributed by atoms with van der Waals surface area (Å²) >= 11 is 0. The van der Waals surface area contributed by atoms with Gasteiger partial charge in [0.25, 0.3) is 0 Å². The maximum Gasteiger partial charge on any atom is -0.0326 e. The zero-order valence-corrected chi connectivity index (χ0v) is 9.90. The summed E-state index contributed by atoms with van der Waals surface area (Å²) in [6.45, 7) is 9.68. The Balaban J connectivity index is 2.45. The minimum Gasteiger partial charge on any atom is -0.0654 e. The number of hydrogen-bond acceptors (Lipinski definition) is 0. The van der Waals surface area contributed by atoms with Crippen molar-refractivity contribution in [3.05, 3.63) is 0 Å². The molecule has 1 rings (SSSR count). The van der Waals surface area contributed by atoms with Crippen molar-refractivity contribution >= 4 is 0 Å². The van der Waals surface area contributed by atoms with Crippen LogP contribution in [0.4, 0.5) is 0 Å². The van der Waals surface area contributed by atoms with Crippen LogP contribution in [-0.4, -0.2) is 0 Å². The first-order chi connectivity index (χ1) is 6.08. The van der Waals surface area contributed by atoms with Gasteiger partial charge in [-0.25, -0.2) is 0 Å². The van der Waals surface area contributed by atoms with Crippen molar-refractivity contribution in [1.29, 1.82) is 0 Å². The van der Waals surface area contributed by atoms with Crippen molar-refractivity contribution in [1.82, 2.24) is 0 Å². The fourth-order valence-electron chi connectivity index (χ4n) is 2.80. The summed E-state index contributed by atoms with van der Waals surface area (Å²) in [7, 11) is 0. The Bertz CT molecular complexity index is 146. The third kappa shape index (κ3) is 2.72. The van der Waals surface area contributed by atoms with Gasteiger partial charge in [0, 0.05) is 0 Å². The average Bonchev–Trinajstić information content (AvgIpc) is 2.08. The summed E-state index contributed by atoms with van der Waals surface area (Å²) in [4.78, 5) is 0. The first-order valence-corrected chi connectivity index (χ1v) is 6.08. The third-order valence-corrected chi connectivity index (χ3v) is 4.26. The monoisotopic (exact) mass is 182 g/mol. The molecular weight excluding hydrogens is 156 g/mol. The van der Waals surface area contributed by atoms with Crippen molar-refractivity contribution in [2.45, 2.75) is 66.2 Å². The molecule has 0 bridgehead atoms. The van der Waals surface area contributed by atoms with E-state index in [9.17, 15) is 0 Å². The van der Waals surface area contributed by atoms with Crippen molar-refractivity contribution < 1.29 is 0 Å². The van der Waals surface area contributed by atoms with Crippen LogP contribution in [0.2, 0.25) is 0 Å². The van der Waals surface area contributed by atoms with Crippen LogP contribution >= 0.6 is 0 Å². The van der Waals surface area contributed by atoms with Gasteiger partial charge in [0.1, 0.15) is 0 Å². The zero-order chi connectivity index (χ0) is 9.90. The van der Waals surface area contributed by atoms with Crippen LogP contribution in [0.5, 0.6) is 0 Å². The second kappa shape index (κ2) is 4.48. The largest absolute Gasteiger partial charge is 0.0654 e. The fourth-order valence-corrected chi connectivity index (χ4v) is 2.80. The highest BCUT2D eigenvalue weighted by Crippen LogP contribution is 2.45. The van der Waals surface area contributed by atoms with E-state index in [1.54, 1.807) is 0 Å². The highest BCUT2D eigenvalue weighted by Gasteiger charge is 2.34. The van der Waals surface area contributed by atoms with Gasteiger partial charge in [-0.05, 0) is 23.7 Å². The highest BCUT2D eigenvalue weighted by molar-refractivity contribution is 4.85. The molecule has 0 aromatic heterocycles. The molecule has 0 heteroatoms. The molecule has 0 nitrogen and oxygen atoms in total. The lowest BCUT2D eigenvalue weighted by molar-refractivity contribution is 0.0827. The summed E-state index contributed by atoms with van der Waals surface area (Å²) in [5.74, 6) is 1.96. The van der Waals surface area contributed by atoms with Crippen LogP contribution in [0.15, 0.2) is 0 Å². The minimum absolute atomic E-state index is 0.608. The summed E-state index contributed by atoms with van der Waals surface area (Å²) in [5, 5.41) is 0. The van der Waals surface area contributed by atoms with Crippen molar-refractivity contribution in [3.8, 4) is 0 Å². The molecule has 2 unspecified atom stereocenters. The molecule has 2 atom stereocenters. The van der Waals surface area contributed by atoms with Crippen LogP contribution < -0.4 is 0 Å². The lowest BCUT2D eigenvalue weighted by Crippen LogP contribution is -2.32. The van der Waals surface area contributed by atoms with Gasteiger partial charge in [-0.15, -0.1) is 0 Å². The van der Waals surface area contributed by atoms with Gasteiger partial charge in [-0.1, -0.05) is 59.8 Å². The van der Waals surface area contributed by atoms with Gasteiger partial charge >= 0.3 is 0 Å². The molecule has 0 aliphatic heterocycles. The van der Waals surface area contributed by atoms with Gasteiger partial charge < -0.3 is 0 Å². The molecule has 0 N–H and O–H groups in total. The Morgan fingerprint density at radius 1 is 1.31 bits per heavy atom. The van der Waals surface area contributed by atoms with E-state index in [2.05, 4.69) is 27.7 Å². The topological polar surface area (TPSA) is 0 Å². The van der Waals surface area contributed by atoms with E-state index >= 15 is 0 Å². The second-order valence-corrected chi connectivity index (χ2v) is 5.57. The van der Waals surface area contributed by atoms with E-state index in [4.69, 9.17) is 0 Å². The highest BCUT2D eigenvalue weighted by atomic mass is 14.4. The van der Waals surface area contributed by atoms with E-state index in [0.29, 0.717) is 5.41 Å². The lowest BCUT2D eigenvalue weighted by Gasteiger charge is -2.42. The molecule has 1 fully saturated rings. The zero-order valence-electron chi connectivity index (χ0n) is 9.90. The van der Waals surface area contributed by atoms with Crippen molar-refractivity contribution in [2.24, 2.45) is 17.3 Å². The van der Waals surface area contributed by atoms with Crippen molar-refractivity contribution in [2.75, 3.05) is 0 Å². The normalized spacial score (nSPS) is 33.2. The van der Waals surface area contributed by atoms with Gasteiger partial charge in [0.15, 0.2) is 0 Å². The van der Waals surface area contributed by atoms with Crippen LogP contribution in [0, 0.1) is 17.3 Å². The van der Waals surface area contributed by atoms with E-state index < -0.39 is 0 Å². The van der Waals surface area contributed by atoms with Gasteiger partial charge in [0.05, 0.1) is 0 Å². The molecule has 13 heavy (non-hydrogen) atoms. The standard InChI is InChI=1S/C13H26/c1-5-6-8-12-9-7-10-13(3,4)11(12)2/h11-12H,5-10H2,1-4H3. The first kappa shape index (κ1) is 11.1. The SMILES string of the molecule is CCCCC1CCCC(C)(C)C1C. The van der Waals surface area contributed by atoms with E-state index in [-0.39, 0.29) is 0 Å². The van der Waals surface area contributed by atoms with Crippen LogP contribution in [0.3, 0.4) is 0 Å². The molecule has 1 aliphatic rings. The minimum atomic E-state index is 0.608. The van der Waals surface area contributed by atoms with Crippen LogP contribution in [0.25, 0.3) is 0 Å². The molecule has 0 radical (unpaired) electrons. The molecule has 78 valence electrons. The first-order valence-electron chi connectivity index (χ1n) is 6.08. The maximum atomic E-state index is 2.47. The van der Waals surface area contributed by atoms with E-state index in [1.165, 1.54) is 38.5 Å². The molecule has 0 amide bonds. The lowest BCUT2D eigenvalue weighted by atomic mass is 9.63. The molecule has 0 aromatic carbocycles. The quantitative estimate of drug-likeness (QED) is 0.596. The van der Waals surface area contributed by atoms with Gasteiger partial charge in [0.2, 0.25) is 0 Å². The van der Waals surface area contributed by atoms with Crippen LogP contribution in [0.1, 0.15) is 66.2 Å². The molecule has 1 saturated carbocycles. The number of unbranched alkanes of at least 4 members (excludes halogenated alkanes) is 1. The predicted octanol–water partition coefficient (Wildman–Crippen LogP) is 4.64. The third-order valence-electron chi connectivity index (χ3n) is 4.26. The Labute approximate surface area is 84.1 Å². The molecule has 0 saturated heterocycles. The fraction of sp³-hybridized carbons (Fsp3) is 1.00. The molecule has 0 spiro atoms. The molecule has 0 aromatic rings. The van der Waals surface area contributed by atoms with Gasteiger partial charge in [-0.3, -0.25) is 0 Å². The van der Waals surface area contributed by atoms with Gasteiger partial charge in [-0.2, -0.15) is 0 Å². The summed E-state index contributed by atoms with van der Waals surface area (Å²) in [5.41, 5.74) is 0.608. The molecule has 0 heterocycles. The molecular formula is C13H26. The Hall–Kier alpha value is 0. The Morgan fingerprint density at radius 2 is 2.00 bits per heavy atom. The van der Waals surface area contributed by atoms with Crippen LogP contribution in [-0.2, 0) is 0 Å². The Morgan fingerprint density at radius 3 is 2.62 bits per heavy atom. The summed E-state index contributed by atoms with van der Waals surface area (Å²) in [6.07, 6.45) is 8.67. The smallest absolute Gasteiger partial charge is 0.0326 e.